The van der Waals surface area contributed by atoms with Crippen molar-refractivity contribution in [1.29, 1.82) is 0 Å². The molecule has 5 heteroatoms. The van der Waals surface area contributed by atoms with Crippen LogP contribution in [0.25, 0.3) is 0 Å². The molecule has 0 atom stereocenters. The van der Waals surface area contributed by atoms with Gasteiger partial charge in [-0.2, -0.15) is 0 Å². The standard InChI is InChI=1S/C17H24Cl2N2S/c1-17(2,3)11-4-6-14(7-5-11)20-16(22)21-15-9-12(18)8-13(19)10-15/h8-11,14H,4-7H2,1-3H3,(H2,20,21,22). The Labute approximate surface area is 149 Å². The molecule has 0 spiro atoms. The second-order valence-corrected chi connectivity index (χ2v) is 8.45. The van der Waals surface area contributed by atoms with Crippen LogP contribution in [0.1, 0.15) is 46.5 Å². The van der Waals surface area contributed by atoms with Crippen molar-refractivity contribution in [3.8, 4) is 0 Å². The van der Waals surface area contributed by atoms with E-state index in [-0.39, 0.29) is 0 Å². The van der Waals surface area contributed by atoms with Crippen LogP contribution in [0.5, 0.6) is 0 Å². The van der Waals surface area contributed by atoms with Gasteiger partial charge >= 0.3 is 0 Å². The van der Waals surface area contributed by atoms with Crippen LogP contribution in [-0.2, 0) is 0 Å². The minimum absolute atomic E-state index is 0.404. The molecule has 0 saturated heterocycles. The van der Waals surface area contributed by atoms with E-state index in [1.54, 1.807) is 6.07 Å². The average Bonchev–Trinajstić information content (AvgIpc) is 2.36. The summed E-state index contributed by atoms with van der Waals surface area (Å²) in [7, 11) is 0. The van der Waals surface area contributed by atoms with E-state index < -0.39 is 0 Å². The van der Waals surface area contributed by atoms with Crippen molar-refractivity contribution in [2.75, 3.05) is 5.32 Å². The molecule has 2 rings (SSSR count). The number of anilines is 1. The van der Waals surface area contributed by atoms with Gasteiger partial charge in [-0.1, -0.05) is 44.0 Å². The molecule has 0 unspecified atom stereocenters. The number of hydrogen-bond acceptors (Lipinski definition) is 1. The van der Waals surface area contributed by atoms with Crippen LogP contribution in [0.3, 0.4) is 0 Å². The van der Waals surface area contributed by atoms with Crippen LogP contribution < -0.4 is 10.6 Å². The van der Waals surface area contributed by atoms with Gasteiger partial charge in [0.05, 0.1) is 0 Å². The molecule has 0 amide bonds. The third kappa shape index (κ3) is 5.29. The largest absolute Gasteiger partial charge is 0.360 e. The van der Waals surface area contributed by atoms with E-state index in [4.69, 9.17) is 35.4 Å². The van der Waals surface area contributed by atoms with Gasteiger partial charge in [-0.05, 0) is 67.4 Å². The Hall–Kier alpha value is -0.510. The van der Waals surface area contributed by atoms with E-state index in [9.17, 15) is 0 Å². The summed E-state index contributed by atoms with van der Waals surface area (Å²) in [5, 5.41) is 8.41. The topological polar surface area (TPSA) is 24.1 Å². The summed E-state index contributed by atoms with van der Waals surface area (Å²) >= 11 is 17.4. The van der Waals surface area contributed by atoms with E-state index >= 15 is 0 Å². The molecule has 1 aromatic carbocycles. The van der Waals surface area contributed by atoms with E-state index in [2.05, 4.69) is 31.4 Å². The van der Waals surface area contributed by atoms with Crippen molar-refractivity contribution >= 4 is 46.2 Å². The van der Waals surface area contributed by atoms with E-state index in [0.29, 0.717) is 26.6 Å². The minimum atomic E-state index is 0.404. The maximum Gasteiger partial charge on any atom is 0.170 e. The van der Waals surface area contributed by atoms with Gasteiger partial charge in [0, 0.05) is 21.8 Å². The fourth-order valence-electron chi connectivity index (χ4n) is 3.08. The number of nitrogens with one attached hydrogen (secondary N) is 2. The predicted molar refractivity (Wildman–Crippen MR) is 101 cm³/mol. The Morgan fingerprint density at radius 2 is 1.59 bits per heavy atom. The van der Waals surface area contributed by atoms with Gasteiger partial charge in [0.25, 0.3) is 0 Å². The summed E-state index contributed by atoms with van der Waals surface area (Å²) in [6.07, 6.45) is 4.85. The van der Waals surface area contributed by atoms with Crippen LogP contribution in [-0.4, -0.2) is 11.2 Å². The number of thiocarbonyl (C=S) groups is 1. The first-order chi connectivity index (χ1) is 10.2. The van der Waals surface area contributed by atoms with E-state index in [1.165, 1.54) is 25.7 Å². The molecule has 1 aromatic rings. The molecule has 0 aliphatic heterocycles. The van der Waals surface area contributed by atoms with Crippen molar-refractivity contribution < 1.29 is 0 Å². The predicted octanol–water partition coefficient (Wildman–Crippen LogP) is 5.88. The minimum Gasteiger partial charge on any atom is -0.360 e. The fraction of sp³-hybridized carbons (Fsp3) is 0.588. The Morgan fingerprint density at radius 1 is 1.05 bits per heavy atom. The van der Waals surface area contributed by atoms with E-state index in [0.717, 1.165) is 11.6 Å². The van der Waals surface area contributed by atoms with Gasteiger partial charge in [0.2, 0.25) is 0 Å². The highest BCUT2D eigenvalue weighted by Gasteiger charge is 2.29. The smallest absolute Gasteiger partial charge is 0.170 e. The molecular weight excluding hydrogens is 335 g/mol. The normalized spacial score (nSPS) is 22.2. The van der Waals surface area contributed by atoms with Gasteiger partial charge in [-0.25, -0.2) is 0 Å². The van der Waals surface area contributed by atoms with Gasteiger partial charge in [0.15, 0.2) is 5.11 Å². The number of halogens is 2. The molecule has 122 valence electrons. The molecule has 0 bridgehead atoms. The van der Waals surface area contributed by atoms with Crippen molar-refractivity contribution in [2.45, 2.75) is 52.5 Å². The fourth-order valence-corrected chi connectivity index (χ4v) is 3.89. The Kier molecular flexibility index (Phi) is 5.98. The third-order valence-corrected chi connectivity index (χ3v) is 5.06. The van der Waals surface area contributed by atoms with Gasteiger partial charge in [-0.15, -0.1) is 0 Å². The van der Waals surface area contributed by atoms with Crippen LogP contribution in [0.4, 0.5) is 5.69 Å². The zero-order chi connectivity index (χ0) is 16.3. The third-order valence-electron chi connectivity index (χ3n) is 4.41. The van der Waals surface area contributed by atoms with Gasteiger partial charge in [-0.3, -0.25) is 0 Å². The second kappa shape index (κ2) is 7.37. The summed E-state index contributed by atoms with van der Waals surface area (Å²) in [6, 6.07) is 5.79. The van der Waals surface area contributed by atoms with Crippen LogP contribution in [0, 0.1) is 11.3 Å². The van der Waals surface area contributed by atoms with Crippen molar-refractivity contribution in [3.05, 3.63) is 28.2 Å². The van der Waals surface area contributed by atoms with Crippen LogP contribution >= 0.6 is 35.4 Å². The quantitative estimate of drug-likeness (QED) is 0.645. The highest BCUT2D eigenvalue weighted by molar-refractivity contribution is 7.80. The molecule has 2 N–H and O–H groups in total. The molecule has 0 heterocycles. The maximum absolute atomic E-state index is 6.00. The lowest BCUT2D eigenvalue weighted by Gasteiger charge is -2.37. The number of benzene rings is 1. The Bertz CT molecular complexity index is 512. The lowest BCUT2D eigenvalue weighted by Crippen LogP contribution is -2.41. The molecule has 0 radical (unpaired) electrons. The lowest BCUT2D eigenvalue weighted by atomic mass is 9.71. The summed E-state index contributed by atoms with van der Waals surface area (Å²) in [5.41, 5.74) is 1.22. The van der Waals surface area contributed by atoms with Crippen molar-refractivity contribution in [2.24, 2.45) is 11.3 Å². The highest BCUT2D eigenvalue weighted by atomic mass is 35.5. The SMILES string of the molecule is CC(C)(C)C1CCC(NC(=S)Nc2cc(Cl)cc(Cl)c2)CC1. The van der Waals surface area contributed by atoms with Crippen LogP contribution in [0.15, 0.2) is 18.2 Å². The molecule has 1 aliphatic rings. The second-order valence-electron chi connectivity index (χ2n) is 7.17. The molecule has 1 saturated carbocycles. The monoisotopic (exact) mass is 358 g/mol. The number of hydrogen-bond donors (Lipinski definition) is 2. The van der Waals surface area contributed by atoms with E-state index in [1.807, 2.05) is 12.1 Å². The lowest BCUT2D eigenvalue weighted by molar-refractivity contribution is 0.166. The molecule has 2 nitrogen and oxygen atoms in total. The zero-order valence-corrected chi connectivity index (χ0v) is 15.7. The van der Waals surface area contributed by atoms with Gasteiger partial charge < -0.3 is 10.6 Å². The Morgan fingerprint density at radius 3 is 2.09 bits per heavy atom. The first kappa shape index (κ1) is 17.8. The van der Waals surface area contributed by atoms with Crippen molar-refractivity contribution in [3.63, 3.8) is 0 Å². The molecule has 1 aliphatic carbocycles. The average molecular weight is 359 g/mol. The van der Waals surface area contributed by atoms with Crippen molar-refractivity contribution in [1.82, 2.24) is 5.32 Å². The maximum atomic E-state index is 6.00. The number of rotatable bonds is 2. The summed E-state index contributed by atoms with van der Waals surface area (Å²) in [6.45, 7) is 7.00. The van der Waals surface area contributed by atoms with Gasteiger partial charge in [0.1, 0.15) is 0 Å². The summed E-state index contributed by atoms with van der Waals surface area (Å²) in [5.74, 6) is 0.804. The first-order valence-corrected chi connectivity index (χ1v) is 8.94. The molecule has 22 heavy (non-hydrogen) atoms. The molecule has 0 aromatic heterocycles. The highest BCUT2D eigenvalue weighted by Crippen LogP contribution is 2.37. The first-order valence-electron chi connectivity index (χ1n) is 7.77. The molecule has 1 fully saturated rings. The molecular formula is C17H24Cl2N2S. The zero-order valence-electron chi connectivity index (χ0n) is 13.4. The summed E-state index contributed by atoms with van der Waals surface area (Å²) < 4.78 is 0. The Balaban J connectivity index is 1.83. The van der Waals surface area contributed by atoms with Crippen LogP contribution in [0.2, 0.25) is 10.0 Å². The summed E-state index contributed by atoms with van der Waals surface area (Å²) in [4.78, 5) is 0.